The van der Waals surface area contributed by atoms with E-state index in [0.29, 0.717) is 17.8 Å². The molecule has 23 heavy (non-hydrogen) atoms. The highest BCUT2D eigenvalue weighted by atomic mass is 16.7. The maximum atomic E-state index is 12.1. The molecular formula is C17H27BN2O3. The maximum absolute atomic E-state index is 12.1. The topological polar surface area (TPSA) is 60.5 Å². The van der Waals surface area contributed by atoms with Gasteiger partial charge in [0.1, 0.15) is 5.82 Å². The zero-order chi connectivity index (χ0) is 17.5. The van der Waals surface area contributed by atoms with Crippen LogP contribution >= 0.6 is 0 Å². The zero-order valence-electron chi connectivity index (χ0n) is 15.2. The van der Waals surface area contributed by atoms with Crippen molar-refractivity contribution in [3.8, 4) is 0 Å². The summed E-state index contributed by atoms with van der Waals surface area (Å²) < 4.78 is 12.0. The van der Waals surface area contributed by atoms with E-state index in [1.54, 1.807) is 6.07 Å². The first-order valence-corrected chi connectivity index (χ1v) is 8.02. The molecule has 1 amide bonds. The van der Waals surface area contributed by atoms with E-state index >= 15 is 0 Å². The lowest BCUT2D eigenvalue weighted by Gasteiger charge is -2.32. The van der Waals surface area contributed by atoms with Crippen LogP contribution in [-0.4, -0.2) is 29.2 Å². The van der Waals surface area contributed by atoms with E-state index in [1.807, 2.05) is 60.6 Å². The Bertz CT molecular complexity index is 578. The van der Waals surface area contributed by atoms with Crippen LogP contribution in [0.3, 0.4) is 0 Å². The summed E-state index contributed by atoms with van der Waals surface area (Å²) in [5.74, 6) is 0.475. The number of carbonyl (C=O) groups is 1. The molecule has 1 N–H and O–H groups in total. The summed E-state index contributed by atoms with van der Waals surface area (Å²) in [6.45, 7) is 14.1. The number of pyridine rings is 1. The summed E-state index contributed by atoms with van der Waals surface area (Å²) >= 11 is 0. The van der Waals surface area contributed by atoms with Crippen molar-refractivity contribution in [2.75, 3.05) is 5.32 Å². The summed E-state index contributed by atoms with van der Waals surface area (Å²) in [4.78, 5) is 16.5. The van der Waals surface area contributed by atoms with Crippen LogP contribution in [0.5, 0.6) is 0 Å². The van der Waals surface area contributed by atoms with Crippen molar-refractivity contribution in [2.45, 2.75) is 66.1 Å². The monoisotopic (exact) mass is 318 g/mol. The first-order chi connectivity index (χ1) is 10.4. The van der Waals surface area contributed by atoms with Crippen molar-refractivity contribution in [1.29, 1.82) is 0 Å². The number of nitrogens with zero attached hydrogens (tertiary/aromatic N) is 1. The van der Waals surface area contributed by atoms with Gasteiger partial charge in [-0.2, -0.15) is 0 Å². The van der Waals surface area contributed by atoms with E-state index in [2.05, 4.69) is 10.3 Å². The Hall–Kier alpha value is -1.40. The van der Waals surface area contributed by atoms with Gasteiger partial charge in [-0.3, -0.25) is 4.79 Å². The van der Waals surface area contributed by atoms with E-state index in [-0.39, 0.29) is 11.3 Å². The highest BCUT2D eigenvalue weighted by Crippen LogP contribution is 2.36. The molecule has 0 spiro atoms. The summed E-state index contributed by atoms with van der Waals surface area (Å²) in [5.41, 5.74) is -0.222. The third-order valence-electron chi connectivity index (χ3n) is 4.22. The van der Waals surface area contributed by atoms with Gasteiger partial charge in [0.05, 0.1) is 16.8 Å². The molecule has 1 fully saturated rings. The normalized spacial score (nSPS) is 19.7. The molecule has 0 atom stereocenters. The Morgan fingerprint density at radius 1 is 1.17 bits per heavy atom. The molecule has 1 saturated heterocycles. The van der Waals surface area contributed by atoms with Crippen LogP contribution in [0.15, 0.2) is 18.2 Å². The SMILES string of the molecule is CC(C)(C)CC(=O)Nc1cccc(B2OC(C)(C)C(C)(C)O2)n1. The molecule has 0 radical (unpaired) electrons. The minimum Gasteiger partial charge on any atom is -0.398 e. The van der Waals surface area contributed by atoms with E-state index in [4.69, 9.17) is 9.31 Å². The van der Waals surface area contributed by atoms with Crippen LogP contribution in [0.2, 0.25) is 0 Å². The number of aromatic nitrogens is 1. The van der Waals surface area contributed by atoms with Gasteiger partial charge < -0.3 is 14.6 Å². The molecule has 1 aliphatic rings. The lowest BCUT2D eigenvalue weighted by Crippen LogP contribution is -2.41. The number of amides is 1. The van der Waals surface area contributed by atoms with Crippen LogP contribution in [-0.2, 0) is 14.1 Å². The molecule has 2 heterocycles. The molecule has 0 aliphatic carbocycles. The Kier molecular flexibility index (Phi) is 4.61. The van der Waals surface area contributed by atoms with Gasteiger partial charge >= 0.3 is 7.12 Å². The fourth-order valence-electron chi connectivity index (χ4n) is 2.28. The van der Waals surface area contributed by atoms with Crippen LogP contribution in [0.25, 0.3) is 0 Å². The minimum atomic E-state index is -0.528. The molecule has 1 aliphatic heterocycles. The summed E-state index contributed by atoms with van der Waals surface area (Å²) in [5, 5.41) is 2.84. The lowest BCUT2D eigenvalue weighted by molar-refractivity contribution is -0.117. The molecule has 1 aromatic heterocycles. The minimum absolute atomic E-state index is 0.0453. The Labute approximate surface area is 139 Å². The Morgan fingerprint density at radius 3 is 2.26 bits per heavy atom. The highest BCUT2D eigenvalue weighted by molar-refractivity contribution is 6.61. The summed E-state index contributed by atoms with van der Waals surface area (Å²) in [7, 11) is -0.528. The van der Waals surface area contributed by atoms with Crippen molar-refractivity contribution in [1.82, 2.24) is 4.98 Å². The lowest BCUT2D eigenvalue weighted by atomic mass is 9.84. The molecule has 126 valence electrons. The quantitative estimate of drug-likeness (QED) is 0.871. The molecule has 1 aromatic rings. The van der Waals surface area contributed by atoms with Gasteiger partial charge in [-0.25, -0.2) is 4.98 Å². The average molecular weight is 318 g/mol. The largest absolute Gasteiger partial charge is 0.514 e. The van der Waals surface area contributed by atoms with Crippen LogP contribution < -0.4 is 10.9 Å². The van der Waals surface area contributed by atoms with Gasteiger partial charge in [0.15, 0.2) is 0 Å². The molecule has 2 rings (SSSR count). The standard InChI is InChI=1S/C17H27BN2O3/c1-15(2,3)11-14(21)20-13-10-8-9-12(19-13)18-22-16(4,5)17(6,7)23-18/h8-10H,11H2,1-7H3,(H,19,20,21). The molecule has 0 saturated carbocycles. The smallest absolute Gasteiger partial charge is 0.398 e. The highest BCUT2D eigenvalue weighted by Gasteiger charge is 2.52. The van der Waals surface area contributed by atoms with Gasteiger partial charge in [0.25, 0.3) is 0 Å². The maximum Gasteiger partial charge on any atom is 0.514 e. The molecule has 0 bridgehead atoms. The Morgan fingerprint density at radius 2 is 1.74 bits per heavy atom. The van der Waals surface area contributed by atoms with Crippen molar-refractivity contribution in [3.05, 3.63) is 18.2 Å². The van der Waals surface area contributed by atoms with E-state index in [0.717, 1.165) is 0 Å². The van der Waals surface area contributed by atoms with E-state index in [9.17, 15) is 4.79 Å². The first kappa shape index (κ1) is 18.0. The van der Waals surface area contributed by atoms with Crippen LogP contribution in [0, 0.1) is 5.41 Å². The average Bonchev–Trinajstić information content (AvgIpc) is 2.56. The number of hydrogen-bond acceptors (Lipinski definition) is 4. The van der Waals surface area contributed by atoms with Gasteiger partial charge in [0, 0.05) is 6.42 Å². The number of nitrogens with one attached hydrogen (secondary N) is 1. The second-order valence-corrected chi connectivity index (χ2v) is 8.32. The van der Waals surface area contributed by atoms with E-state index < -0.39 is 18.3 Å². The van der Waals surface area contributed by atoms with Gasteiger partial charge in [0.2, 0.25) is 5.91 Å². The predicted molar refractivity (Wildman–Crippen MR) is 92.7 cm³/mol. The Balaban J connectivity index is 2.11. The van der Waals surface area contributed by atoms with Crippen LogP contribution in [0.4, 0.5) is 5.82 Å². The second-order valence-electron chi connectivity index (χ2n) is 8.32. The number of carbonyl (C=O) groups excluding carboxylic acids is 1. The van der Waals surface area contributed by atoms with Crippen molar-refractivity contribution >= 4 is 24.4 Å². The summed E-state index contributed by atoms with van der Waals surface area (Å²) in [6.07, 6.45) is 0.440. The van der Waals surface area contributed by atoms with E-state index in [1.165, 1.54) is 0 Å². The van der Waals surface area contributed by atoms with Crippen molar-refractivity contribution in [2.24, 2.45) is 5.41 Å². The molecular weight excluding hydrogens is 291 g/mol. The van der Waals surface area contributed by atoms with Crippen molar-refractivity contribution in [3.63, 3.8) is 0 Å². The number of hydrogen-bond donors (Lipinski definition) is 1. The first-order valence-electron chi connectivity index (χ1n) is 8.02. The fourth-order valence-corrected chi connectivity index (χ4v) is 2.28. The van der Waals surface area contributed by atoms with Gasteiger partial charge in [-0.15, -0.1) is 0 Å². The van der Waals surface area contributed by atoms with Crippen LogP contribution in [0.1, 0.15) is 54.9 Å². The predicted octanol–water partition coefficient (Wildman–Crippen LogP) is 2.76. The fraction of sp³-hybridized carbons (Fsp3) is 0.647. The second kappa shape index (κ2) is 5.91. The molecule has 6 heteroatoms. The van der Waals surface area contributed by atoms with Crippen molar-refractivity contribution < 1.29 is 14.1 Å². The third kappa shape index (κ3) is 4.33. The molecule has 0 aromatic carbocycles. The third-order valence-corrected chi connectivity index (χ3v) is 4.22. The number of rotatable bonds is 3. The van der Waals surface area contributed by atoms with Gasteiger partial charge in [-0.1, -0.05) is 26.8 Å². The molecule has 5 nitrogen and oxygen atoms in total. The van der Waals surface area contributed by atoms with Gasteiger partial charge in [-0.05, 0) is 45.2 Å². The number of anilines is 1. The zero-order valence-corrected chi connectivity index (χ0v) is 15.2. The molecule has 0 unspecified atom stereocenters. The summed E-state index contributed by atoms with van der Waals surface area (Å²) in [6, 6.07) is 5.47.